The van der Waals surface area contributed by atoms with Gasteiger partial charge in [0.2, 0.25) is 17.7 Å². The molecule has 2 fully saturated rings. The Hall–Kier alpha value is -5.25. The van der Waals surface area contributed by atoms with E-state index in [0.29, 0.717) is 45.3 Å². The van der Waals surface area contributed by atoms with Gasteiger partial charge in [-0.3, -0.25) is 14.4 Å². The van der Waals surface area contributed by atoms with Crippen LogP contribution in [0, 0.1) is 16.7 Å². The van der Waals surface area contributed by atoms with E-state index >= 15 is 0 Å². The van der Waals surface area contributed by atoms with Crippen LogP contribution in [0.1, 0.15) is 68.2 Å². The maximum atomic E-state index is 14.7. The van der Waals surface area contributed by atoms with Gasteiger partial charge in [0.15, 0.2) is 5.13 Å². The van der Waals surface area contributed by atoms with Crippen molar-refractivity contribution in [2.24, 2.45) is 16.7 Å². The van der Waals surface area contributed by atoms with E-state index < -0.39 is 53.0 Å². The number of nitrogens with zero attached hydrogens (tertiary/aromatic N) is 3. The highest BCUT2D eigenvalue weighted by atomic mass is 32.1. The number of amides is 5. The predicted octanol–water partition coefficient (Wildman–Crippen LogP) is 5.06. The fourth-order valence-corrected chi connectivity index (χ4v) is 7.32. The van der Waals surface area contributed by atoms with Crippen LogP contribution in [0.3, 0.4) is 0 Å². The molecule has 3 heterocycles. The van der Waals surface area contributed by atoms with E-state index in [0.717, 1.165) is 0 Å². The predicted molar refractivity (Wildman–Crippen MR) is 213 cm³/mol. The molecule has 3 aromatic rings. The second-order valence-corrected chi connectivity index (χ2v) is 17.5. The van der Waals surface area contributed by atoms with Crippen molar-refractivity contribution in [3.63, 3.8) is 0 Å². The highest BCUT2D eigenvalue weighted by Crippen LogP contribution is 2.46. The number of nitrogens with one attached hydrogen (secondary N) is 4. The average molecular weight is 792 g/mol. The number of fused-ring (bicyclic) bond motifs is 1. The Labute approximate surface area is 331 Å². The molecule has 1 aliphatic carbocycles. The molecule has 1 aliphatic heterocycles. The summed E-state index contributed by atoms with van der Waals surface area (Å²) in [5.74, 6) is -1.26. The van der Waals surface area contributed by atoms with E-state index in [9.17, 15) is 24.0 Å². The topological polar surface area (TPSA) is 190 Å². The Balaban J connectivity index is 1.51. The van der Waals surface area contributed by atoms with Gasteiger partial charge in [0, 0.05) is 48.2 Å². The molecule has 15 nitrogen and oxygen atoms in total. The Bertz CT molecular complexity index is 2020. The number of urea groups is 1. The minimum atomic E-state index is -1.30. The van der Waals surface area contributed by atoms with Gasteiger partial charge >= 0.3 is 12.0 Å². The number of likely N-dealkylation sites (tertiary alicyclic amines) is 1. The molecule has 0 spiro atoms. The number of benzene rings is 1. The van der Waals surface area contributed by atoms with Crippen LogP contribution in [0.5, 0.6) is 11.5 Å². The lowest BCUT2D eigenvalue weighted by Crippen LogP contribution is -2.61. The first-order chi connectivity index (χ1) is 26.2. The number of carbonyl (C=O) groups is 5. The molecule has 56 heavy (non-hydrogen) atoms. The van der Waals surface area contributed by atoms with E-state index in [-0.39, 0.29) is 36.2 Å². The molecule has 2 aromatic heterocycles. The molecule has 4 N–H and O–H groups in total. The van der Waals surface area contributed by atoms with Crippen LogP contribution in [-0.2, 0) is 23.9 Å². The zero-order valence-corrected chi connectivity index (χ0v) is 34.5. The lowest BCUT2D eigenvalue weighted by atomic mass is 9.85. The highest BCUT2D eigenvalue weighted by molar-refractivity contribution is 7.14. The van der Waals surface area contributed by atoms with Gasteiger partial charge in [-0.1, -0.05) is 47.6 Å². The van der Waals surface area contributed by atoms with Gasteiger partial charge in [-0.25, -0.2) is 19.6 Å². The number of thiazole rings is 1. The van der Waals surface area contributed by atoms with Gasteiger partial charge in [-0.2, -0.15) is 0 Å². The number of carbonyl (C=O) groups excluding carboxylic acids is 5. The van der Waals surface area contributed by atoms with Gasteiger partial charge < -0.3 is 40.4 Å². The molecule has 5 amide bonds. The first-order valence-electron chi connectivity index (χ1n) is 18.5. The first kappa shape index (κ1) is 41.9. The molecular weight excluding hydrogens is 739 g/mol. The van der Waals surface area contributed by atoms with Crippen LogP contribution < -0.4 is 30.7 Å². The fraction of sp³-hybridized carbons (Fsp3) is 0.525. The molecule has 1 saturated carbocycles. The molecule has 1 aromatic carbocycles. The van der Waals surface area contributed by atoms with Crippen molar-refractivity contribution in [1.29, 1.82) is 0 Å². The van der Waals surface area contributed by atoms with Gasteiger partial charge in [-0.15, -0.1) is 17.9 Å². The summed E-state index contributed by atoms with van der Waals surface area (Å²) >= 11 is 1.25. The van der Waals surface area contributed by atoms with E-state index in [2.05, 4.69) is 32.8 Å². The van der Waals surface area contributed by atoms with E-state index in [4.69, 9.17) is 19.2 Å². The summed E-state index contributed by atoms with van der Waals surface area (Å²) in [7, 11) is 2.81. The zero-order valence-electron chi connectivity index (χ0n) is 33.7. The van der Waals surface area contributed by atoms with Crippen LogP contribution in [0.25, 0.3) is 22.3 Å². The summed E-state index contributed by atoms with van der Waals surface area (Å²) in [6.07, 6.45) is 1.26. The van der Waals surface area contributed by atoms with Crippen LogP contribution >= 0.6 is 11.3 Å². The van der Waals surface area contributed by atoms with Gasteiger partial charge in [0.25, 0.3) is 0 Å². The standard InChI is InChI=1S/C40H53N7O8S/c1-12-23-18-40(23,35(51)54-11)46-33(49)30-16-25(19-47(30)34(50)32(39(7,8)9)45-36(52)41-21(2)38(4,5)6)55-31-17-28(29-20-56-37(44-29)42-22(3)48)43-27-15-24(53-10)13-14-26(27)31/h12-15,17,20-21,23,25,30,32H,1,16,18-19H2,2-11H3,(H,46,49)(H2,41,45,52)(H,42,44,48)/t21-,23+,25-,30+,32-,40-/m1/s1. The number of pyridine rings is 1. The molecule has 0 bridgehead atoms. The molecule has 2 aliphatic rings. The Morgan fingerprint density at radius 1 is 1.02 bits per heavy atom. The van der Waals surface area contributed by atoms with Crippen LogP contribution in [-0.4, -0.2) is 95.1 Å². The van der Waals surface area contributed by atoms with Crippen LogP contribution in [0.15, 0.2) is 42.3 Å². The molecule has 16 heteroatoms. The van der Waals surface area contributed by atoms with Crippen molar-refractivity contribution in [2.45, 2.75) is 98.0 Å². The second-order valence-electron chi connectivity index (χ2n) is 16.6. The maximum Gasteiger partial charge on any atom is 0.332 e. The minimum Gasteiger partial charge on any atom is -0.497 e. The molecule has 5 rings (SSSR count). The molecule has 302 valence electrons. The van der Waals surface area contributed by atoms with Crippen LogP contribution in [0.4, 0.5) is 9.93 Å². The fourth-order valence-electron chi connectivity index (χ4n) is 6.57. The normalized spacial score (nSPS) is 21.7. The summed E-state index contributed by atoms with van der Waals surface area (Å²) < 4.78 is 17.2. The van der Waals surface area contributed by atoms with E-state index in [1.165, 1.54) is 30.3 Å². The van der Waals surface area contributed by atoms with Gasteiger partial charge in [0.05, 0.1) is 32.0 Å². The molecular formula is C40H53N7O8S. The Kier molecular flexibility index (Phi) is 12.0. The Morgan fingerprint density at radius 3 is 2.32 bits per heavy atom. The molecule has 0 unspecified atom stereocenters. The van der Waals surface area contributed by atoms with E-state index in [1.54, 1.807) is 36.8 Å². The number of anilines is 1. The lowest BCUT2D eigenvalue weighted by Gasteiger charge is -2.36. The third-order valence-corrected chi connectivity index (χ3v) is 11.2. The summed E-state index contributed by atoms with van der Waals surface area (Å²) in [4.78, 5) is 77.7. The van der Waals surface area contributed by atoms with Crippen molar-refractivity contribution in [2.75, 3.05) is 26.1 Å². The number of methoxy groups -OCH3 is 2. The summed E-state index contributed by atoms with van der Waals surface area (Å²) in [6.45, 7) is 18.6. The lowest BCUT2D eigenvalue weighted by molar-refractivity contribution is -0.148. The van der Waals surface area contributed by atoms with Gasteiger partial charge in [-0.05, 0) is 36.3 Å². The van der Waals surface area contributed by atoms with Crippen molar-refractivity contribution in [3.05, 3.63) is 42.3 Å². The van der Waals surface area contributed by atoms with Crippen molar-refractivity contribution in [3.8, 4) is 22.9 Å². The molecule has 0 radical (unpaired) electrons. The quantitative estimate of drug-likeness (QED) is 0.143. The van der Waals surface area contributed by atoms with Crippen molar-refractivity contribution >= 4 is 57.1 Å². The number of ether oxygens (including phenoxy) is 3. The monoisotopic (exact) mass is 791 g/mol. The number of rotatable bonds is 12. The Morgan fingerprint density at radius 2 is 1.73 bits per heavy atom. The number of hydrogen-bond donors (Lipinski definition) is 4. The van der Waals surface area contributed by atoms with Crippen LogP contribution in [0.2, 0.25) is 0 Å². The third kappa shape index (κ3) is 9.06. The number of hydrogen-bond acceptors (Lipinski definition) is 11. The zero-order chi connectivity index (χ0) is 41.3. The van der Waals surface area contributed by atoms with Gasteiger partial charge in [0.1, 0.15) is 40.9 Å². The average Bonchev–Trinajstić information content (AvgIpc) is 3.40. The largest absolute Gasteiger partial charge is 0.497 e. The third-order valence-electron chi connectivity index (χ3n) is 10.4. The maximum absolute atomic E-state index is 14.7. The smallest absolute Gasteiger partial charge is 0.332 e. The van der Waals surface area contributed by atoms with E-state index in [1.807, 2.05) is 54.5 Å². The highest BCUT2D eigenvalue weighted by Gasteiger charge is 2.62. The second kappa shape index (κ2) is 16.1. The number of aromatic nitrogens is 2. The SMILES string of the molecule is C=C[C@H]1C[C@]1(NC(=O)[C@@H]1C[C@@H](Oc2cc(-c3csc(NC(C)=O)n3)nc3cc(OC)ccc23)CN1C(=O)[C@@H](NC(=O)N[C@H](C)C(C)(C)C)C(C)(C)C)C(=O)OC. The molecule has 1 saturated heterocycles. The summed E-state index contributed by atoms with van der Waals surface area (Å²) in [5, 5.41) is 14.2. The van der Waals surface area contributed by atoms with Crippen molar-refractivity contribution in [1.82, 2.24) is 30.8 Å². The molecule has 6 atom stereocenters. The van der Waals surface area contributed by atoms with Crippen molar-refractivity contribution < 1.29 is 38.2 Å². The summed E-state index contributed by atoms with van der Waals surface area (Å²) in [6, 6.07) is 4.23. The summed E-state index contributed by atoms with van der Waals surface area (Å²) in [5.41, 5.74) is -0.798. The number of esters is 1. The first-order valence-corrected chi connectivity index (χ1v) is 19.4. The minimum absolute atomic E-state index is 0.0139.